The summed E-state index contributed by atoms with van der Waals surface area (Å²) in [5, 5.41) is 3.47. The fourth-order valence-electron chi connectivity index (χ4n) is 3.67. The van der Waals surface area contributed by atoms with Gasteiger partial charge in [0.15, 0.2) is 17.5 Å². The van der Waals surface area contributed by atoms with Crippen LogP contribution in [0.5, 0.6) is 5.75 Å². The second-order valence-electron chi connectivity index (χ2n) is 6.74. The number of aliphatic imine (C=N–C) groups is 1. The summed E-state index contributed by atoms with van der Waals surface area (Å²) in [7, 11) is 5.22. The van der Waals surface area contributed by atoms with Crippen LogP contribution in [0, 0.1) is 5.82 Å². The van der Waals surface area contributed by atoms with Crippen molar-refractivity contribution in [2.24, 2.45) is 4.99 Å². The molecule has 1 atom stereocenters. The standard InChI is InChI=1S/C18H28FN5O/c1-20-18(21-11-15-13-23-6-8-24(15)9-7-23)22(2)12-14-4-5-17(25-3)16(19)10-14/h4-5,10,15H,6-9,11-13H2,1-3H3,(H,20,21). The van der Waals surface area contributed by atoms with Gasteiger partial charge < -0.3 is 15.0 Å². The van der Waals surface area contributed by atoms with E-state index in [2.05, 4.69) is 20.1 Å². The highest BCUT2D eigenvalue weighted by atomic mass is 19.1. The number of hydrogen-bond acceptors (Lipinski definition) is 4. The first-order chi connectivity index (χ1) is 12.1. The number of rotatable bonds is 5. The van der Waals surface area contributed by atoms with E-state index in [1.165, 1.54) is 26.3 Å². The van der Waals surface area contributed by atoms with Crippen LogP contribution in [0.2, 0.25) is 0 Å². The molecule has 0 saturated carbocycles. The molecule has 25 heavy (non-hydrogen) atoms. The highest BCUT2D eigenvalue weighted by molar-refractivity contribution is 5.79. The molecule has 2 bridgehead atoms. The summed E-state index contributed by atoms with van der Waals surface area (Å²) in [5.74, 6) is 0.760. The van der Waals surface area contributed by atoms with Crippen molar-refractivity contribution in [3.05, 3.63) is 29.6 Å². The van der Waals surface area contributed by atoms with Crippen LogP contribution < -0.4 is 10.1 Å². The minimum atomic E-state index is -0.337. The number of piperazine rings is 3. The number of ether oxygens (including phenoxy) is 1. The fourth-order valence-corrected chi connectivity index (χ4v) is 3.67. The van der Waals surface area contributed by atoms with Crippen LogP contribution in [0.15, 0.2) is 23.2 Å². The van der Waals surface area contributed by atoms with Gasteiger partial charge >= 0.3 is 0 Å². The molecule has 0 radical (unpaired) electrons. The Kier molecular flexibility index (Phi) is 5.75. The zero-order valence-corrected chi connectivity index (χ0v) is 15.3. The number of guanidine groups is 1. The molecular weight excluding hydrogens is 321 g/mol. The number of nitrogens with zero attached hydrogens (tertiary/aromatic N) is 4. The lowest BCUT2D eigenvalue weighted by molar-refractivity contribution is 0.0152. The summed E-state index contributed by atoms with van der Waals surface area (Å²) >= 11 is 0. The number of fused-ring (bicyclic) bond motifs is 3. The highest BCUT2D eigenvalue weighted by Crippen LogP contribution is 2.18. The Labute approximate surface area is 149 Å². The van der Waals surface area contributed by atoms with Crippen LogP contribution in [0.4, 0.5) is 4.39 Å². The van der Waals surface area contributed by atoms with Gasteiger partial charge in [0.2, 0.25) is 0 Å². The number of benzene rings is 1. The molecule has 7 heteroatoms. The van der Waals surface area contributed by atoms with Crippen LogP contribution in [0.1, 0.15) is 5.56 Å². The third kappa shape index (κ3) is 4.22. The third-order valence-electron chi connectivity index (χ3n) is 5.10. The van der Waals surface area contributed by atoms with E-state index >= 15 is 0 Å². The van der Waals surface area contributed by atoms with E-state index in [1.54, 1.807) is 13.1 Å². The molecule has 0 spiro atoms. The predicted octanol–water partition coefficient (Wildman–Crippen LogP) is 0.841. The highest BCUT2D eigenvalue weighted by Gasteiger charge is 2.31. The molecule has 1 N–H and O–H groups in total. The summed E-state index contributed by atoms with van der Waals surface area (Å²) < 4.78 is 18.8. The SMILES string of the molecule is CN=C(NCC1CN2CCN1CC2)N(C)Cc1ccc(OC)c(F)c1. The van der Waals surface area contributed by atoms with Gasteiger partial charge in [-0.15, -0.1) is 0 Å². The number of methoxy groups -OCH3 is 1. The lowest BCUT2D eigenvalue weighted by Gasteiger charge is -2.47. The molecule has 3 fully saturated rings. The van der Waals surface area contributed by atoms with Crippen LogP contribution >= 0.6 is 0 Å². The average Bonchev–Trinajstić information content (AvgIpc) is 2.63. The number of hydrogen-bond donors (Lipinski definition) is 1. The number of halogens is 1. The minimum absolute atomic E-state index is 0.269. The first-order valence-electron chi connectivity index (χ1n) is 8.81. The van der Waals surface area contributed by atoms with Crippen LogP contribution in [-0.4, -0.2) is 87.2 Å². The Morgan fingerprint density at radius 2 is 2.12 bits per heavy atom. The van der Waals surface area contributed by atoms with Gasteiger partial charge in [-0.3, -0.25) is 14.8 Å². The van der Waals surface area contributed by atoms with E-state index in [0.717, 1.165) is 37.7 Å². The van der Waals surface area contributed by atoms with Gasteiger partial charge in [-0.25, -0.2) is 4.39 Å². The Morgan fingerprint density at radius 3 is 2.68 bits per heavy atom. The van der Waals surface area contributed by atoms with Crippen molar-refractivity contribution in [1.82, 2.24) is 20.0 Å². The second kappa shape index (κ2) is 8.01. The van der Waals surface area contributed by atoms with E-state index < -0.39 is 0 Å². The largest absolute Gasteiger partial charge is 0.494 e. The summed E-state index contributed by atoms with van der Waals surface area (Å²) in [5.41, 5.74) is 0.885. The molecule has 0 amide bonds. The summed E-state index contributed by atoms with van der Waals surface area (Å²) in [4.78, 5) is 11.5. The van der Waals surface area contributed by atoms with Gasteiger partial charge in [0, 0.05) is 66.0 Å². The van der Waals surface area contributed by atoms with Crippen molar-refractivity contribution in [1.29, 1.82) is 0 Å². The van der Waals surface area contributed by atoms with E-state index in [4.69, 9.17) is 4.74 Å². The van der Waals surface area contributed by atoms with E-state index in [0.29, 0.717) is 12.6 Å². The lowest BCUT2D eigenvalue weighted by atomic mass is 10.1. The van der Waals surface area contributed by atoms with Gasteiger partial charge in [0.1, 0.15) is 0 Å². The topological polar surface area (TPSA) is 43.3 Å². The minimum Gasteiger partial charge on any atom is -0.494 e. The van der Waals surface area contributed by atoms with Crippen molar-refractivity contribution in [3.8, 4) is 5.75 Å². The van der Waals surface area contributed by atoms with Gasteiger partial charge in [-0.2, -0.15) is 0 Å². The second-order valence-corrected chi connectivity index (χ2v) is 6.74. The third-order valence-corrected chi connectivity index (χ3v) is 5.10. The number of nitrogens with one attached hydrogen (secondary N) is 1. The molecule has 3 saturated heterocycles. The Hall–Kier alpha value is -1.86. The van der Waals surface area contributed by atoms with E-state index in [9.17, 15) is 4.39 Å². The summed E-state index contributed by atoms with van der Waals surface area (Å²) in [6, 6.07) is 5.59. The smallest absolute Gasteiger partial charge is 0.193 e. The Bertz CT molecular complexity index is 615. The van der Waals surface area contributed by atoms with E-state index in [1.807, 2.05) is 18.0 Å². The average molecular weight is 349 g/mol. The molecule has 3 heterocycles. The molecule has 138 valence electrons. The molecule has 3 aliphatic rings. The van der Waals surface area contributed by atoms with Crippen molar-refractivity contribution >= 4 is 5.96 Å². The molecule has 1 unspecified atom stereocenters. The maximum atomic E-state index is 13.9. The van der Waals surface area contributed by atoms with Crippen molar-refractivity contribution in [2.45, 2.75) is 12.6 Å². The van der Waals surface area contributed by atoms with E-state index in [-0.39, 0.29) is 11.6 Å². The quantitative estimate of drug-likeness (QED) is 0.630. The Morgan fingerprint density at radius 1 is 1.36 bits per heavy atom. The Balaban J connectivity index is 1.54. The van der Waals surface area contributed by atoms with Gasteiger partial charge in [-0.05, 0) is 17.7 Å². The van der Waals surface area contributed by atoms with Gasteiger partial charge in [0.05, 0.1) is 7.11 Å². The molecule has 3 aliphatic heterocycles. The summed E-state index contributed by atoms with van der Waals surface area (Å²) in [6.07, 6.45) is 0. The molecule has 0 aliphatic carbocycles. The molecule has 4 rings (SSSR count). The zero-order chi connectivity index (χ0) is 17.8. The van der Waals surface area contributed by atoms with Gasteiger partial charge in [0.25, 0.3) is 0 Å². The maximum absolute atomic E-state index is 13.9. The fraction of sp³-hybridized carbons (Fsp3) is 0.611. The lowest BCUT2D eigenvalue weighted by Crippen LogP contribution is -2.63. The van der Waals surface area contributed by atoms with Crippen LogP contribution in [0.25, 0.3) is 0 Å². The molecular formula is C18H28FN5O. The summed E-state index contributed by atoms with van der Waals surface area (Å²) in [6.45, 7) is 7.28. The first-order valence-corrected chi connectivity index (χ1v) is 8.81. The van der Waals surface area contributed by atoms with Gasteiger partial charge in [-0.1, -0.05) is 6.07 Å². The monoisotopic (exact) mass is 349 g/mol. The van der Waals surface area contributed by atoms with Crippen LogP contribution in [0.3, 0.4) is 0 Å². The van der Waals surface area contributed by atoms with Crippen LogP contribution in [-0.2, 0) is 6.54 Å². The molecule has 6 nitrogen and oxygen atoms in total. The zero-order valence-electron chi connectivity index (χ0n) is 15.3. The van der Waals surface area contributed by atoms with Crippen molar-refractivity contribution < 1.29 is 9.13 Å². The predicted molar refractivity (Wildman–Crippen MR) is 97.6 cm³/mol. The first kappa shape index (κ1) is 17.9. The van der Waals surface area contributed by atoms with Crippen molar-refractivity contribution in [2.75, 3.05) is 60.5 Å². The van der Waals surface area contributed by atoms with Crippen molar-refractivity contribution in [3.63, 3.8) is 0 Å². The maximum Gasteiger partial charge on any atom is 0.193 e. The molecule has 0 aromatic heterocycles. The normalized spacial score (nSPS) is 25.8. The molecule has 1 aromatic carbocycles. The molecule has 1 aromatic rings.